The van der Waals surface area contributed by atoms with E-state index in [-0.39, 0.29) is 11.5 Å². The van der Waals surface area contributed by atoms with Gasteiger partial charge in [0.05, 0.1) is 12.8 Å². The van der Waals surface area contributed by atoms with Crippen molar-refractivity contribution in [2.75, 3.05) is 7.11 Å². The molecule has 0 aliphatic heterocycles. The first-order chi connectivity index (χ1) is 17.7. The second-order valence-electron chi connectivity index (χ2n) is 7.93. The van der Waals surface area contributed by atoms with Gasteiger partial charge in [-0.1, -0.05) is 12.1 Å². The summed E-state index contributed by atoms with van der Waals surface area (Å²) in [4.78, 5) is 29.9. The second kappa shape index (κ2) is 10.5. The molecule has 1 heterocycles. The third-order valence-electron chi connectivity index (χ3n) is 5.47. The quantitative estimate of drug-likeness (QED) is 0.212. The summed E-state index contributed by atoms with van der Waals surface area (Å²) in [5.74, 6) is -1.35. The number of carboxylic acids is 2. The summed E-state index contributed by atoms with van der Waals surface area (Å²) in [7, 11) is 1.56. The number of aromatic hydroxyl groups is 2. The van der Waals surface area contributed by atoms with Crippen molar-refractivity contribution in [3.8, 4) is 51.2 Å². The molecule has 0 fully saturated rings. The van der Waals surface area contributed by atoms with Crippen LogP contribution in [0.5, 0.6) is 17.2 Å². The smallest absolute Gasteiger partial charge is 0.328 e. The predicted octanol–water partition coefficient (Wildman–Crippen LogP) is 5.03. The lowest BCUT2D eigenvalue weighted by atomic mass is 10.00. The molecule has 0 amide bonds. The van der Waals surface area contributed by atoms with Gasteiger partial charge in [0.25, 0.3) is 0 Å². The van der Waals surface area contributed by atoms with Crippen molar-refractivity contribution in [1.29, 1.82) is 0 Å². The first-order valence-electron chi connectivity index (χ1n) is 11.0. The van der Waals surface area contributed by atoms with Gasteiger partial charge in [0, 0.05) is 28.8 Å². The Labute approximate surface area is 211 Å². The Morgan fingerprint density at radius 2 is 1.35 bits per heavy atom. The lowest BCUT2D eigenvalue weighted by Crippen LogP contribution is -1.89. The molecular formula is C28H22N2O7. The van der Waals surface area contributed by atoms with Crippen LogP contribution in [-0.2, 0) is 9.59 Å². The van der Waals surface area contributed by atoms with E-state index in [1.807, 2.05) is 0 Å². The molecule has 3 aromatic carbocycles. The van der Waals surface area contributed by atoms with E-state index in [1.54, 1.807) is 55.6 Å². The highest BCUT2D eigenvalue weighted by molar-refractivity contribution is 5.90. The molecule has 0 bridgehead atoms. The van der Waals surface area contributed by atoms with Crippen molar-refractivity contribution in [2.45, 2.75) is 0 Å². The highest BCUT2D eigenvalue weighted by Gasteiger charge is 2.20. The zero-order valence-electron chi connectivity index (χ0n) is 19.5. The number of methoxy groups -OCH3 is 1. The number of carbonyl (C=O) groups is 2. The Kier molecular flexibility index (Phi) is 7.06. The van der Waals surface area contributed by atoms with E-state index in [4.69, 9.17) is 19.9 Å². The fraction of sp³-hybridized carbons (Fsp3) is 0.0357. The minimum Gasteiger partial charge on any atom is -0.507 e. The number of carboxylic acid groups (broad SMARTS) is 2. The van der Waals surface area contributed by atoms with Gasteiger partial charge in [-0.2, -0.15) is 0 Å². The predicted molar refractivity (Wildman–Crippen MR) is 138 cm³/mol. The highest BCUT2D eigenvalue weighted by Crippen LogP contribution is 2.41. The number of aromatic amines is 1. The molecule has 4 rings (SSSR count). The topological polar surface area (TPSA) is 153 Å². The average Bonchev–Trinajstić information content (AvgIpc) is 3.32. The fourth-order valence-corrected chi connectivity index (χ4v) is 3.69. The van der Waals surface area contributed by atoms with Crippen molar-refractivity contribution in [3.05, 3.63) is 83.9 Å². The van der Waals surface area contributed by atoms with Crippen LogP contribution in [0.25, 0.3) is 46.1 Å². The first-order valence-corrected chi connectivity index (χ1v) is 11.0. The van der Waals surface area contributed by atoms with Gasteiger partial charge in [0.15, 0.2) is 0 Å². The van der Waals surface area contributed by atoms with Gasteiger partial charge in [0.2, 0.25) is 0 Å². The maximum absolute atomic E-state index is 11.0. The van der Waals surface area contributed by atoms with Gasteiger partial charge < -0.3 is 30.1 Å². The van der Waals surface area contributed by atoms with Crippen molar-refractivity contribution >= 4 is 24.1 Å². The van der Waals surface area contributed by atoms with Gasteiger partial charge in [0.1, 0.15) is 28.8 Å². The molecule has 186 valence electrons. The summed E-state index contributed by atoms with van der Waals surface area (Å²) in [6.07, 6.45) is 4.74. The normalized spacial score (nSPS) is 11.3. The molecule has 0 saturated carbocycles. The Morgan fingerprint density at radius 3 is 1.89 bits per heavy atom. The molecule has 0 spiro atoms. The molecule has 9 nitrogen and oxygen atoms in total. The van der Waals surface area contributed by atoms with Gasteiger partial charge in [-0.05, 0) is 71.8 Å². The van der Waals surface area contributed by atoms with Gasteiger partial charge in [-0.15, -0.1) is 0 Å². The minimum atomic E-state index is -1.12. The summed E-state index contributed by atoms with van der Waals surface area (Å²) < 4.78 is 5.22. The lowest BCUT2D eigenvalue weighted by molar-refractivity contribution is -0.132. The summed E-state index contributed by atoms with van der Waals surface area (Å²) in [5, 5.41) is 39.4. The molecule has 0 aliphatic carbocycles. The molecule has 0 radical (unpaired) electrons. The van der Waals surface area contributed by atoms with Gasteiger partial charge >= 0.3 is 11.9 Å². The number of ether oxygens (including phenoxy) is 1. The SMILES string of the molecule is COc1ccc(-c2nc(-c3cc(C=CC(=O)O)ccc3O)c(-c3cc(C=CC(=O)O)ccc3O)[nH]2)cc1. The number of aliphatic carboxylic acids is 2. The summed E-state index contributed by atoms with van der Waals surface area (Å²) in [5.41, 5.74) is 3.01. The Morgan fingerprint density at radius 1 is 0.811 bits per heavy atom. The third kappa shape index (κ3) is 5.68. The third-order valence-corrected chi connectivity index (χ3v) is 5.47. The monoisotopic (exact) mass is 498 g/mol. The standard InChI is InChI=1S/C28H22N2O7/c1-37-19-8-6-18(7-9-19)28-29-26(20-14-16(2-10-22(20)31)4-12-24(33)34)27(30-28)21-15-17(3-11-23(21)32)5-13-25(35)36/h2-15,31-32H,1H3,(H,29,30)(H,33,34)(H,35,36). The maximum Gasteiger partial charge on any atom is 0.328 e. The van der Waals surface area contributed by atoms with Crippen LogP contribution in [0.3, 0.4) is 0 Å². The minimum absolute atomic E-state index is 0.0972. The van der Waals surface area contributed by atoms with E-state index in [1.165, 1.54) is 24.3 Å². The van der Waals surface area contributed by atoms with Crippen molar-refractivity contribution in [2.24, 2.45) is 0 Å². The van der Waals surface area contributed by atoms with E-state index in [0.717, 1.165) is 12.2 Å². The maximum atomic E-state index is 11.0. The second-order valence-corrected chi connectivity index (χ2v) is 7.93. The summed E-state index contributed by atoms with van der Waals surface area (Å²) in [6.45, 7) is 0. The lowest BCUT2D eigenvalue weighted by Gasteiger charge is -2.09. The Hall–Kier alpha value is -5.31. The summed E-state index contributed by atoms with van der Waals surface area (Å²) >= 11 is 0. The van der Waals surface area contributed by atoms with Crippen LogP contribution in [0.4, 0.5) is 0 Å². The molecule has 0 aliphatic rings. The number of phenolic OH excluding ortho intramolecular Hbond substituents is 2. The van der Waals surface area contributed by atoms with Crippen LogP contribution in [0.2, 0.25) is 0 Å². The molecule has 37 heavy (non-hydrogen) atoms. The van der Waals surface area contributed by atoms with Crippen molar-refractivity contribution in [3.63, 3.8) is 0 Å². The van der Waals surface area contributed by atoms with Gasteiger partial charge in [-0.25, -0.2) is 14.6 Å². The number of phenols is 2. The molecule has 0 atom stereocenters. The largest absolute Gasteiger partial charge is 0.507 e. The number of nitrogens with zero attached hydrogens (tertiary/aromatic N) is 1. The highest BCUT2D eigenvalue weighted by atomic mass is 16.5. The van der Waals surface area contributed by atoms with Crippen molar-refractivity contribution in [1.82, 2.24) is 9.97 Å². The Balaban J connectivity index is 1.93. The van der Waals surface area contributed by atoms with Crippen LogP contribution in [0.15, 0.2) is 72.8 Å². The molecule has 5 N–H and O–H groups in total. The van der Waals surface area contributed by atoms with E-state index in [2.05, 4.69) is 4.98 Å². The van der Waals surface area contributed by atoms with E-state index in [0.29, 0.717) is 50.8 Å². The number of aromatic nitrogens is 2. The number of rotatable bonds is 8. The number of hydrogen-bond donors (Lipinski definition) is 5. The van der Waals surface area contributed by atoms with Crippen LogP contribution in [0, 0.1) is 0 Å². The van der Waals surface area contributed by atoms with E-state index >= 15 is 0 Å². The fourth-order valence-electron chi connectivity index (χ4n) is 3.69. The number of hydrogen-bond acceptors (Lipinski definition) is 6. The summed E-state index contributed by atoms with van der Waals surface area (Å²) in [6, 6.07) is 16.3. The first kappa shape index (κ1) is 24.8. The number of H-pyrrole nitrogens is 1. The van der Waals surface area contributed by atoms with E-state index < -0.39 is 11.9 Å². The average molecular weight is 498 g/mol. The molecular weight excluding hydrogens is 476 g/mol. The zero-order valence-corrected chi connectivity index (χ0v) is 19.5. The van der Waals surface area contributed by atoms with Crippen LogP contribution in [-0.4, -0.2) is 49.4 Å². The van der Waals surface area contributed by atoms with Gasteiger partial charge in [-0.3, -0.25) is 0 Å². The molecule has 9 heteroatoms. The van der Waals surface area contributed by atoms with Crippen LogP contribution >= 0.6 is 0 Å². The van der Waals surface area contributed by atoms with Crippen LogP contribution < -0.4 is 4.74 Å². The Bertz CT molecular complexity index is 1440. The number of imidazole rings is 1. The number of benzene rings is 3. The molecule has 4 aromatic rings. The zero-order chi connectivity index (χ0) is 26.5. The molecule has 0 unspecified atom stereocenters. The van der Waals surface area contributed by atoms with Crippen molar-refractivity contribution < 1.29 is 34.8 Å². The number of nitrogens with one attached hydrogen (secondary N) is 1. The molecule has 1 aromatic heterocycles. The van der Waals surface area contributed by atoms with Crippen LogP contribution in [0.1, 0.15) is 11.1 Å². The molecule has 0 saturated heterocycles. The van der Waals surface area contributed by atoms with E-state index in [9.17, 15) is 19.8 Å².